The molecular weight excluding hydrogens is 574 g/mol. The van der Waals surface area contributed by atoms with Crippen molar-refractivity contribution in [1.82, 2.24) is 0 Å². The Balaban J connectivity index is 0.000000460. The Morgan fingerprint density at radius 3 is 1.33 bits per heavy atom. The third-order valence-electron chi connectivity index (χ3n) is 8.39. The van der Waals surface area contributed by atoms with Crippen LogP contribution in [0.15, 0.2) is 42.7 Å². The fourth-order valence-electron chi connectivity index (χ4n) is 5.70. The minimum atomic E-state index is -0.338. The van der Waals surface area contributed by atoms with Gasteiger partial charge in [-0.05, 0) is 32.8 Å². The molecule has 2 aromatic heterocycles. The van der Waals surface area contributed by atoms with Gasteiger partial charge >= 0.3 is 11.3 Å². The number of rotatable bonds is 28. The van der Waals surface area contributed by atoms with E-state index in [0.717, 1.165) is 25.1 Å². The van der Waals surface area contributed by atoms with Gasteiger partial charge in [0, 0.05) is 24.4 Å². The third kappa shape index (κ3) is 25.7. The summed E-state index contributed by atoms with van der Waals surface area (Å²) in [7, 11) is 0. The Kier molecular flexibility index (Phi) is 27.0. The van der Waals surface area contributed by atoms with Gasteiger partial charge in [0.1, 0.15) is 17.3 Å². The van der Waals surface area contributed by atoms with Crippen molar-refractivity contribution < 1.29 is 13.6 Å². The molecule has 1 N–H and O–H groups in total. The molecule has 2 rings (SSSR count). The molecule has 0 atom stereocenters. The lowest BCUT2D eigenvalue weighted by atomic mass is 10.1. The fraction of sp³-hybridized carbons (Fsp3) is 0.750. The molecule has 0 saturated heterocycles. The standard InChI is InChI=1S/C20H35NO2.C20H34O3/c1-3-4-5-6-7-8-9-10-11-12-13-14-15-21-19-16-18(2)23-20(22)17-19;1-3-4-5-6-7-8-9-10-11-12-13-14-15-22-19-16-18(2)23-20(21)17-19/h16-17,21H,3-15H2,1-2H3;16-17H,3-15H2,1-2H3. The highest BCUT2D eigenvalue weighted by molar-refractivity contribution is 5.41. The SMILES string of the molecule is CCCCCCCCCCCCCCNc1cc(C)oc(=O)c1.CCCCCCCCCCCCCCOc1cc(C)oc(=O)c1. The zero-order valence-electron chi connectivity index (χ0n) is 30.2. The van der Waals surface area contributed by atoms with Crippen LogP contribution in [-0.4, -0.2) is 13.2 Å². The van der Waals surface area contributed by atoms with Gasteiger partial charge in [0.05, 0.1) is 12.7 Å². The zero-order chi connectivity index (χ0) is 33.5. The van der Waals surface area contributed by atoms with Gasteiger partial charge in [-0.3, -0.25) is 0 Å². The first-order valence-corrected chi connectivity index (χ1v) is 19.0. The number of nitrogens with one attached hydrogen (secondary N) is 1. The first kappa shape index (κ1) is 41.5. The van der Waals surface area contributed by atoms with Crippen LogP contribution in [-0.2, 0) is 0 Å². The summed E-state index contributed by atoms with van der Waals surface area (Å²) in [4.78, 5) is 22.4. The van der Waals surface area contributed by atoms with Crippen LogP contribution in [0.3, 0.4) is 0 Å². The average molecular weight is 644 g/mol. The van der Waals surface area contributed by atoms with Gasteiger partial charge in [-0.15, -0.1) is 0 Å². The molecule has 46 heavy (non-hydrogen) atoms. The fourth-order valence-corrected chi connectivity index (χ4v) is 5.70. The lowest BCUT2D eigenvalue weighted by Gasteiger charge is -2.06. The maximum atomic E-state index is 11.2. The van der Waals surface area contributed by atoms with Crippen molar-refractivity contribution in [1.29, 1.82) is 0 Å². The number of unbranched alkanes of at least 4 members (excludes halogenated alkanes) is 22. The highest BCUT2D eigenvalue weighted by Gasteiger charge is 2.00. The Labute approximate surface area is 281 Å². The molecule has 0 saturated carbocycles. The molecule has 0 aliphatic heterocycles. The topological polar surface area (TPSA) is 81.7 Å². The first-order chi connectivity index (χ1) is 22.4. The highest BCUT2D eigenvalue weighted by atomic mass is 16.5. The highest BCUT2D eigenvalue weighted by Crippen LogP contribution is 2.14. The molecule has 2 aromatic rings. The van der Waals surface area contributed by atoms with E-state index in [9.17, 15) is 9.59 Å². The van der Waals surface area contributed by atoms with Crippen LogP contribution in [0.5, 0.6) is 5.75 Å². The van der Waals surface area contributed by atoms with Gasteiger partial charge in [0.25, 0.3) is 0 Å². The molecule has 2 heterocycles. The van der Waals surface area contributed by atoms with Crippen molar-refractivity contribution in [2.45, 2.75) is 182 Å². The number of aryl methyl sites for hydroxylation is 2. The second-order valence-electron chi connectivity index (χ2n) is 13.1. The van der Waals surface area contributed by atoms with Gasteiger partial charge in [-0.1, -0.05) is 155 Å². The van der Waals surface area contributed by atoms with Crippen molar-refractivity contribution in [3.63, 3.8) is 0 Å². The predicted molar refractivity (Wildman–Crippen MR) is 196 cm³/mol. The predicted octanol–water partition coefficient (Wildman–Crippen LogP) is 12.1. The van der Waals surface area contributed by atoms with Crippen LogP contribution in [0.1, 0.15) is 179 Å². The normalized spacial score (nSPS) is 10.9. The number of hydrogen-bond donors (Lipinski definition) is 1. The summed E-state index contributed by atoms with van der Waals surface area (Å²) in [5.41, 5.74) is 0.263. The van der Waals surface area contributed by atoms with E-state index in [1.165, 1.54) is 153 Å². The van der Waals surface area contributed by atoms with Crippen LogP contribution in [0.4, 0.5) is 5.69 Å². The third-order valence-corrected chi connectivity index (χ3v) is 8.39. The van der Waals surface area contributed by atoms with Gasteiger partial charge in [0.15, 0.2) is 0 Å². The van der Waals surface area contributed by atoms with Crippen LogP contribution < -0.4 is 21.3 Å². The molecule has 0 aliphatic rings. The second kappa shape index (κ2) is 29.9. The molecule has 0 bridgehead atoms. The first-order valence-electron chi connectivity index (χ1n) is 19.0. The molecular formula is C40H69NO5. The van der Waals surface area contributed by atoms with E-state index in [2.05, 4.69) is 19.2 Å². The van der Waals surface area contributed by atoms with E-state index in [1.54, 1.807) is 19.9 Å². The lowest BCUT2D eigenvalue weighted by Crippen LogP contribution is -2.06. The van der Waals surface area contributed by atoms with Crippen molar-refractivity contribution in [2.24, 2.45) is 0 Å². The minimum absolute atomic E-state index is 0.276. The lowest BCUT2D eigenvalue weighted by molar-refractivity contribution is 0.299. The van der Waals surface area contributed by atoms with E-state index in [4.69, 9.17) is 13.6 Å². The van der Waals surface area contributed by atoms with E-state index in [-0.39, 0.29) is 11.3 Å². The number of ether oxygens (including phenoxy) is 1. The van der Waals surface area contributed by atoms with Crippen molar-refractivity contribution >= 4 is 5.69 Å². The van der Waals surface area contributed by atoms with Crippen LogP contribution in [0.2, 0.25) is 0 Å². The summed E-state index contributed by atoms with van der Waals surface area (Å²) in [5.74, 6) is 1.89. The van der Waals surface area contributed by atoms with Crippen LogP contribution >= 0.6 is 0 Å². The van der Waals surface area contributed by atoms with E-state index >= 15 is 0 Å². The number of anilines is 1. The molecule has 0 fully saturated rings. The smallest absolute Gasteiger partial charge is 0.339 e. The second-order valence-corrected chi connectivity index (χ2v) is 13.1. The molecule has 0 aromatic carbocycles. The van der Waals surface area contributed by atoms with Crippen LogP contribution in [0, 0.1) is 13.8 Å². The summed E-state index contributed by atoms with van der Waals surface area (Å²) >= 11 is 0. The maximum Gasteiger partial charge on any atom is 0.339 e. The van der Waals surface area contributed by atoms with Gasteiger partial charge in [-0.25, -0.2) is 9.59 Å². The minimum Gasteiger partial charge on any atom is -0.493 e. The molecule has 0 amide bonds. The average Bonchev–Trinajstić information content (AvgIpc) is 3.01. The maximum absolute atomic E-state index is 11.2. The Bertz CT molecular complexity index is 990. The Morgan fingerprint density at radius 1 is 0.500 bits per heavy atom. The number of hydrogen-bond acceptors (Lipinski definition) is 6. The summed E-state index contributed by atoms with van der Waals surface area (Å²) in [6.45, 7) is 9.71. The van der Waals surface area contributed by atoms with Crippen molar-refractivity contribution in [3.8, 4) is 5.75 Å². The van der Waals surface area contributed by atoms with E-state index in [1.807, 2.05) is 6.07 Å². The molecule has 0 radical (unpaired) electrons. The molecule has 0 aliphatic carbocycles. The largest absolute Gasteiger partial charge is 0.493 e. The molecule has 6 heteroatoms. The summed E-state index contributed by atoms with van der Waals surface area (Å²) < 4.78 is 15.4. The molecule has 0 spiro atoms. The Hall–Kier alpha value is -2.50. The van der Waals surface area contributed by atoms with Crippen molar-refractivity contribution in [2.75, 3.05) is 18.5 Å². The Morgan fingerprint density at radius 2 is 0.891 bits per heavy atom. The van der Waals surface area contributed by atoms with E-state index < -0.39 is 0 Å². The molecule has 264 valence electrons. The van der Waals surface area contributed by atoms with Gasteiger partial charge < -0.3 is 18.9 Å². The zero-order valence-corrected chi connectivity index (χ0v) is 30.2. The molecule has 6 nitrogen and oxygen atoms in total. The summed E-state index contributed by atoms with van der Waals surface area (Å²) in [6, 6.07) is 6.57. The van der Waals surface area contributed by atoms with E-state index in [0.29, 0.717) is 23.9 Å². The monoisotopic (exact) mass is 644 g/mol. The van der Waals surface area contributed by atoms with Crippen molar-refractivity contribution in [3.05, 3.63) is 56.6 Å². The quantitative estimate of drug-likeness (QED) is 0.0929. The van der Waals surface area contributed by atoms with Crippen LogP contribution in [0.25, 0.3) is 0 Å². The summed E-state index contributed by atoms with van der Waals surface area (Å²) in [5, 5.41) is 3.30. The van der Waals surface area contributed by atoms with Gasteiger partial charge in [0.2, 0.25) is 0 Å². The molecule has 0 unspecified atom stereocenters. The summed E-state index contributed by atoms with van der Waals surface area (Å²) in [6.07, 6.45) is 32.4. The van der Waals surface area contributed by atoms with Gasteiger partial charge in [-0.2, -0.15) is 0 Å².